The molecule has 0 atom stereocenters. The number of carbonyl (C=O) groups excluding carboxylic acids is 1. The maximum absolute atomic E-state index is 11.4. The van der Waals surface area contributed by atoms with Crippen LogP contribution in [0.3, 0.4) is 0 Å². The Morgan fingerprint density at radius 3 is 2.76 bits per heavy atom. The van der Waals surface area contributed by atoms with Gasteiger partial charge in [0.1, 0.15) is 6.61 Å². The minimum absolute atomic E-state index is 0.0814. The van der Waals surface area contributed by atoms with E-state index in [0.29, 0.717) is 6.54 Å². The first-order valence-corrected chi connectivity index (χ1v) is 5.76. The van der Waals surface area contributed by atoms with E-state index in [1.807, 2.05) is 33.9 Å². The molecule has 0 aliphatic rings. The van der Waals surface area contributed by atoms with Crippen LogP contribution in [0.5, 0.6) is 0 Å². The number of nitrogens with one attached hydrogen (secondary N) is 1. The van der Waals surface area contributed by atoms with Crippen molar-refractivity contribution in [3.05, 3.63) is 18.0 Å². The van der Waals surface area contributed by atoms with Crippen molar-refractivity contribution >= 4 is 5.91 Å². The average Bonchev–Trinajstić information content (AvgIpc) is 2.61. The zero-order valence-electron chi connectivity index (χ0n) is 11.0. The Labute approximate surface area is 102 Å². The van der Waals surface area contributed by atoms with Gasteiger partial charge in [-0.15, -0.1) is 0 Å². The highest BCUT2D eigenvalue weighted by molar-refractivity contribution is 5.77. The summed E-state index contributed by atoms with van der Waals surface area (Å²) in [7, 11) is 1.89. The number of aryl methyl sites for hydroxylation is 1. The van der Waals surface area contributed by atoms with Crippen molar-refractivity contribution in [1.29, 1.82) is 0 Å². The number of nitrogens with zero attached hydrogens (tertiary/aromatic N) is 2. The molecule has 1 aromatic heterocycles. The van der Waals surface area contributed by atoms with Crippen LogP contribution in [-0.2, 0) is 23.0 Å². The maximum atomic E-state index is 11.4. The third kappa shape index (κ3) is 5.49. The van der Waals surface area contributed by atoms with Gasteiger partial charge in [0.2, 0.25) is 5.91 Å². The van der Waals surface area contributed by atoms with Gasteiger partial charge in [0, 0.05) is 31.9 Å². The van der Waals surface area contributed by atoms with E-state index in [-0.39, 0.29) is 18.1 Å². The Bertz CT molecular complexity index is 366. The van der Waals surface area contributed by atoms with E-state index >= 15 is 0 Å². The van der Waals surface area contributed by atoms with E-state index in [9.17, 15) is 4.79 Å². The second kappa shape index (κ2) is 5.82. The van der Waals surface area contributed by atoms with Gasteiger partial charge in [-0.1, -0.05) is 0 Å². The molecule has 0 spiro atoms. The number of rotatable bonds is 5. The zero-order chi connectivity index (χ0) is 12.9. The Morgan fingerprint density at radius 1 is 1.53 bits per heavy atom. The maximum Gasteiger partial charge on any atom is 0.246 e. The van der Waals surface area contributed by atoms with Crippen molar-refractivity contribution in [2.24, 2.45) is 7.05 Å². The predicted octanol–water partition coefficient (Wildman–Crippen LogP) is 0.894. The first kappa shape index (κ1) is 13.7. The summed E-state index contributed by atoms with van der Waals surface area (Å²) in [6, 6.07) is 1.94. The number of hydrogen-bond acceptors (Lipinski definition) is 3. The van der Waals surface area contributed by atoms with Crippen LogP contribution in [0, 0.1) is 0 Å². The van der Waals surface area contributed by atoms with Gasteiger partial charge in [-0.05, 0) is 26.8 Å². The molecule has 0 aliphatic heterocycles. The minimum Gasteiger partial charge on any atom is -0.366 e. The molecule has 0 saturated carbocycles. The summed E-state index contributed by atoms with van der Waals surface area (Å²) in [5.41, 5.74) is 0.821. The van der Waals surface area contributed by atoms with Gasteiger partial charge in [0.05, 0.1) is 5.60 Å². The normalized spacial score (nSPS) is 11.5. The lowest BCUT2D eigenvalue weighted by molar-refractivity contribution is -0.130. The first-order chi connectivity index (χ1) is 7.88. The van der Waals surface area contributed by atoms with Crippen LogP contribution in [0.25, 0.3) is 0 Å². The molecule has 0 radical (unpaired) electrons. The molecule has 0 aromatic carbocycles. The van der Waals surface area contributed by atoms with Crippen molar-refractivity contribution in [3.8, 4) is 0 Å². The monoisotopic (exact) mass is 239 g/mol. The molecule has 1 amide bonds. The molecule has 0 saturated heterocycles. The smallest absolute Gasteiger partial charge is 0.246 e. The molecule has 1 aromatic rings. The van der Waals surface area contributed by atoms with Crippen LogP contribution < -0.4 is 5.32 Å². The summed E-state index contributed by atoms with van der Waals surface area (Å²) in [6.07, 6.45) is 2.53. The fourth-order valence-corrected chi connectivity index (χ4v) is 1.31. The van der Waals surface area contributed by atoms with E-state index < -0.39 is 0 Å². The molecule has 1 heterocycles. The summed E-state index contributed by atoms with van der Waals surface area (Å²) in [6.45, 7) is 6.49. The van der Waals surface area contributed by atoms with E-state index in [2.05, 4.69) is 10.4 Å². The van der Waals surface area contributed by atoms with Gasteiger partial charge in [0.15, 0.2) is 0 Å². The lowest BCUT2D eigenvalue weighted by Gasteiger charge is -2.18. The highest BCUT2D eigenvalue weighted by atomic mass is 16.5. The molecule has 1 rings (SSSR count). The van der Waals surface area contributed by atoms with Gasteiger partial charge < -0.3 is 10.1 Å². The van der Waals surface area contributed by atoms with Crippen molar-refractivity contribution < 1.29 is 9.53 Å². The molecule has 96 valence electrons. The van der Waals surface area contributed by atoms with Gasteiger partial charge in [-0.25, -0.2) is 0 Å². The van der Waals surface area contributed by atoms with Crippen LogP contribution in [0.2, 0.25) is 0 Å². The Hall–Kier alpha value is -1.36. The molecule has 0 fully saturated rings. The third-order valence-corrected chi connectivity index (χ3v) is 2.26. The van der Waals surface area contributed by atoms with Crippen molar-refractivity contribution in [2.75, 3.05) is 13.2 Å². The van der Waals surface area contributed by atoms with Gasteiger partial charge in [-0.2, -0.15) is 5.10 Å². The summed E-state index contributed by atoms with van der Waals surface area (Å²) in [5.74, 6) is -0.0814. The lowest BCUT2D eigenvalue weighted by atomic mass is 10.2. The molecular weight excluding hydrogens is 218 g/mol. The average molecular weight is 239 g/mol. The van der Waals surface area contributed by atoms with E-state index in [0.717, 1.165) is 12.1 Å². The lowest BCUT2D eigenvalue weighted by Crippen LogP contribution is -2.33. The molecule has 17 heavy (non-hydrogen) atoms. The Balaban J connectivity index is 2.19. The fraction of sp³-hybridized carbons (Fsp3) is 0.667. The first-order valence-electron chi connectivity index (χ1n) is 5.76. The second-order valence-corrected chi connectivity index (χ2v) is 4.95. The number of hydrogen-bond donors (Lipinski definition) is 1. The second-order valence-electron chi connectivity index (χ2n) is 4.95. The Kier molecular flexibility index (Phi) is 4.69. The number of aromatic nitrogens is 2. The van der Waals surface area contributed by atoms with E-state index in [1.165, 1.54) is 0 Å². The largest absolute Gasteiger partial charge is 0.366 e. The topological polar surface area (TPSA) is 56.2 Å². The molecule has 5 nitrogen and oxygen atoms in total. The van der Waals surface area contributed by atoms with Gasteiger partial charge in [0.25, 0.3) is 0 Å². The zero-order valence-corrected chi connectivity index (χ0v) is 11.0. The van der Waals surface area contributed by atoms with Gasteiger partial charge in [-0.3, -0.25) is 9.48 Å². The molecule has 0 unspecified atom stereocenters. The molecule has 0 bridgehead atoms. The summed E-state index contributed by atoms with van der Waals surface area (Å²) < 4.78 is 7.18. The minimum atomic E-state index is -0.278. The van der Waals surface area contributed by atoms with Crippen LogP contribution >= 0.6 is 0 Å². The third-order valence-electron chi connectivity index (χ3n) is 2.26. The van der Waals surface area contributed by atoms with Gasteiger partial charge >= 0.3 is 0 Å². The Morgan fingerprint density at radius 2 is 2.24 bits per heavy atom. The summed E-state index contributed by atoms with van der Waals surface area (Å²) >= 11 is 0. The van der Waals surface area contributed by atoms with Crippen LogP contribution in [-0.4, -0.2) is 34.4 Å². The summed E-state index contributed by atoms with van der Waals surface area (Å²) in [4.78, 5) is 11.4. The molecular formula is C12H21N3O2. The highest BCUT2D eigenvalue weighted by Crippen LogP contribution is 2.05. The standard InChI is InChI=1S/C12H21N3O2/c1-12(2,3)17-9-11(16)13-7-5-10-6-8-14-15(10)4/h6,8H,5,7,9H2,1-4H3,(H,13,16). The van der Waals surface area contributed by atoms with Crippen LogP contribution in [0.15, 0.2) is 12.3 Å². The van der Waals surface area contributed by atoms with E-state index in [1.54, 1.807) is 10.9 Å². The quantitative estimate of drug-likeness (QED) is 0.830. The van der Waals surface area contributed by atoms with Crippen molar-refractivity contribution in [3.63, 3.8) is 0 Å². The summed E-state index contributed by atoms with van der Waals surface area (Å²) in [5, 5.41) is 6.88. The number of amides is 1. The molecule has 1 N–H and O–H groups in total. The van der Waals surface area contributed by atoms with Crippen LogP contribution in [0.1, 0.15) is 26.5 Å². The van der Waals surface area contributed by atoms with Crippen LogP contribution in [0.4, 0.5) is 0 Å². The highest BCUT2D eigenvalue weighted by Gasteiger charge is 2.12. The number of ether oxygens (including phenoxy) is 1. The fourth-order valence-electron chi connectivity index (χ4n) is 1.31. The number of carbonyl (C=O) groups is 1. The van der Waals surface area contributed by atoms with Crippen molar-refractivity contribution in [2.45, 2.75) is 32.8 Å². The van der Waals surface area contributed by atoms with E-state index in [4.69, 9.17) is 4.74 Å². The molecule has 5 heteroatoms. The SMILES string of the molecule is Cn1nccc1CCNC(=O)COC(C)(C)C. The van der Waals surface area contributed by atoms with Crippen molar-refractivity contribution in [1.82, 2.24) is 15.1 Å². The predicted molar refractivity (Wildman–Crippen MR) is 65.6 cm³/mol. The molecule has 0 aliphatic carbocycles.